The first-order chi connectivity index (χ1) is 41.5. The average molecular weight is 1470 g/mol. The summed E-state index contributed by atoms with van der Waals surface area (Å²) in [6.45, 7) is 6.70. The van der Waals surface area contributed by atoms with Gasteiger partial charge in [0.15, 0.2) is 11.6 Å². The molecule has 0 aliphatic rings. The van der Waals surface area contributed by atoms with E-state index >= 15 is 0 Å². The van der Waals surface area contributed by atoms with E-state index in [1.165, 1.54) is 5.56 Å². The summed E-state index contributed by atoms with van der Waals surface area (Å²) in [6, 6.07) is 33.0. The minimum atomic E-state index is -1.12. The molecule has 0 atom stereocenters. The Morgan fingerprint density at radius 2 is 0.437 bits per heavy atom. The smallest absolute Gasteiger partial charge is 0.875 e. The second-order valence-corrected chi connectivity index (χ2v) is 18.9. The predicted octanol–water partition coefficient (Wildman–Crippen LogP) is 1.18. The molecule has 34 heteroatoms. The van der Waals surface area contributed by atoms with Crippen molar-refractivity contribution in [3.63, 3.8) is 0 Å². The zero-order valence-electron chi connectivity index (χ0n) is 48.0. The van der Waals surface area contributed by atoms with Crippen molar-refractivity contribution < 1.29 is 96.1 Å². The van der Waals surface area contributed by atoms with Crippen LogP contribution in [0.1, 0.15) is 33.3 Å². The molecule has 0 unspecified atom stereocenters. The maximum atomic E-state index is 11.1. The van der Waals surface area contributed by atoms with E-state index in [4.69, 9.17) is 0 Å². The van der Waals surface area contributed by atoms with Gasteiger partial charge in [-0.05, 0) is 168 Å². The molecule has 87 heavy (non-hydrogen) atoms. The van der Waals surface area contributed by atoms with E-state index in [1.807, 2.05) is 220 Å². The number of nitrogens with zero attached hydrogens (tertiary/aromatic N) is 24. The van der Waals surface area contributed by atoms with Crippen LogP contribution in [0.5, 0.6) is 0 Å². The summed E-state index contributed by atoms with van der Waals surface area (Å²) < 4.78 is 22.5. The monoisotopic (exact) mass is 1470 g/mol. The number of allylic oxidation sites excluding steroid dienone is 4. The fourth-order valence-corrected chi connectivity index (χ4v) is 9.13. The Bertz CT molecular complexity index is 3130. The fraction of sp³-hybridized carbons (Fsp3) is 0.0943. The minimum absolute atomic E-state index is 0. The Hall–Kier alpha value is -9.03. The topological polar surface area (TPSA) is 294 Å². The van der Waals surface area contributed by atoms with Gasteiger partial charge < -0.3 is 65.3 Å². The standard InChI is InChI=1S/C10H14O4.4C9H10BN6.C7H8.2Dy/c1-5(11)9(6(2)12)10(7(3)13)8(4)14;4*1-4-11-14(7-1)10(15-8-2-5-12-15)16-9-3-6-13-16;1-7-5-3-2-4-6-7;;/h11,13H,1-4H3;4*1-10H;2-6H,1H3;;/q;4*-1;;2*+3/p-2/b9-5+,10-7+;;;;;;;. The number of hydrogen-bond acceptors (Lipinski definition) is 16. The van der Waals surface area contributed by atoms with E-state index in [9.17, 15) is 19.8 Å². The van der Waals surface area contributed by atoms with Gasteiger partial charge in [-0.25, -0.2) is 61.2 Å². The zero-order valence-corrected chi connectivity index (χ0v) is 52.1. The quantitative estimate of drug-likeness (QED) is 0.0603. The van der Waals surface area contributed by atoms with E-state index in [0.717, 1.165) is 27.7 Å². The molecule has 0 aliphatic carbocycles. The van der Waals surface area contributed by atoms with Gasteiger partial charge in [0.25, 0.3) is 0 Å². The summed E-state index contributed by atoms with van der Waals surface area (Å²) >= 11 is 0. The first kappa shape index (κ1) is 67.1. The molecule has 0 aliphatic heterocycles. The Labute approximate surface area is 562 Å². The molecule has 448 valence electrons. The summed E-state index contributed by atoms with van der Waals surface area (Å²) in [5, 5.41) is 73.2. The van der Waals surface area contributed by atoms with Crippen molar-refractivity contribution in [2.75, 3.05) is 0 Å². The third kappa shape index (κ3) is 19.0. The molecule has 12 aromatic heterocycles. The average Bonchev–Trinajstić information content (AvgIpc) is 2.69. The van der Waals surface area contributed by atoms with Gasteiger partial charge in [0.2, 0.25) is 0 Å². The number of aryl methyl sites for hydroxylation is 1. The van der Waals surface area contributed by atoms with Crippen LogP contribution in [-0.4, -0.2) is 156 Å². The van der Waals surface area contributed by atoms with Crippen LogP contribution < -0.4 is 10.2 Å². The van der Waals surface area contributed by atoms with Crippen LogP contribution in [0.15, 0.2) is 275 Å². The largest absolute Gasteiger partial charge is 3.00 e. The summed E-state index contributed by atoms with van der Waals surface area (Å²) in [4.78, 5) is 22.1. The number of carbonyl (C=O) groups excluding carboxylic acids is 2. The molecule has 13 aromatic rings. The van der Waals surface area contributed by atoms with E-state index in [2.05, 4.69) is 80.2 Å². The molecule has 0 amide bonds. The van der Waals surface area contributed by atoms with Crippen molar-refractivity contribution >= 4 is 40.0 Å². The van der Waals surface area contributed by atoms with Gasteiger partial charge in [-0.3, -0.25) is 9.59 Å². The molecular formula is C53H60B4Dy2N24O4. The van der Waals surface area contributed by atoms with Crippen LogP contribution in [0.3, 0.4) is 0 Å². The predicted molar refractivity (Wildman–Crippen MR) is 318 cm³/mol. The number of rotatable bonds is 15. The molecule has 0 N–H and O–H groups in total. The van der Waals surface area contributed by atoms with Gasteiger partial charge in [-0.1, -0.05) is 49.7 Å². The normalized spacial score (nSPS) is 11.1. The van der Waals surface area contributed by atoms with Crippen molar-refractivity contribution in [3.8, 4) is 0 Å². The van der Waals surface area contributed by atoms with Gasteiger partial charge in [0, 0.05) is 85.5 Å². The maximum absolute atomic E-state index is 11.1. The summed E-state index contributed by atoms with van der Waals surface area (Å²) in [5.41, 5.74) is 0.720. The van der Waals surface area contributed by atoms with Crippen molar-refractivity contribution in [2.45, 2.75) is 34.6 Å². The molecule has 0 saturated carbocycles. The minimum Gasteiger partial charge on any atom is -0.875 e. The van der Waals surface area contributed by atoms with E-state index < -0.39 is 51.6 Å². The van der Waals surface area contributed by atoms with Crippen molar-refractivity contribution in [1.29, 1.82) is 0 Å². The van der Waals surface area contributed by atoms with Crippen molar-refractivity contribution in [3.05, 3.63) is 280 Å². The van der Waals surface area contributed by atoms with Gasteiger partial charge in [-0.15, -0.1) is 11.5 Å². The van der Waals surface area contributed by atoms with Gasteiger partial charge in [0.1, 0.15) is 0 Å². The van der Waals surface area contributed by atoms with Crippen LogP contribution in [0, 0.1) is 83.3 Å². The van der Waals surface area contributed by atoms with E-state index in [0.29, 0.717) is 0 Å². The Morgan fingerprint density at radius 1 is 0.287 bits per heavy atom. The Balaban J connectivity index is 0.000000168. The fourth-order valence-electron chi connectivity index (χ4n) is 9.13. The maximum Gasteiger partial charge on any atom is 3.00 e. The second kappa shape index (κ2) is 34.8. The molecular weight excluding hydrogens is 1400 g/mol. The van der Waals surface area contributed by atoms with E-state index in [-0.39, 0.29) is 87.5 Å². The molecule has 13 rings (SSSR count). The third-order valence-electron chi connectivity index (χ3n) is 12.8. The SMILES string of the molecule is CC(=O)C(=C(/C)[O-])/C(C(C)=O)=C(\C)[O-].Cc1ccccc1.[Dy+3].[Dy+3].c1cnn([BH-](n2cccn2)n2cccn2)c1.c1cnn([BH-](n2cccn2)n2cccn2)c1.c1cnn([BH-](n2cccn2)n2cccn2)c1.c1cnn([BH-](n2cccn2)n2cccn2)c1. The number of aromatic nitrogens is 24. The molecule has 0 fully saturated rings. The zero-order chi connectivity index (χ0) is 59.8. The second-order valence-electron chi connectivity index (χ2n) is 18.9. The van der Waals surface area contributed by atoms with Crippen LogP contribution in [0.4, 0.5) is 0 Å². The first-order valence-corrected chi connectivity index (χ1v) is 26.9. The molecule has 0 spiro atoms. The van der Waals surface area contributed by atoms with Gasteiger partial charge >= 0.3 is 105 Å². The number of benzene rings is 1. The summed E-state index contributed by atoms with van der Waals surface area (Å²) in [7, 11) is -4.50. The first-order valence-electron chi connectivity index (χ1n) is 26.9. The molecule has 12 heterocycles. The van der Waals surface area contributed by atoms with Gasteiger partial charge in [-0.2, -0.15) is 0 Å². The van der Waals surface area contributed by atoms with Crippen LogP contribution in [-0.2, 0) is 9.59 Å². The summed E-state index contributed by atoms with van der Waals surface area (Å²) in [5.74, 6) is -2.23. The summed E-state index contributed by atoms with van der Waals surface area (Å²) in [6.07, 6.45) is 44.1. The van der Waals surface area contributed by atoms with Crippen LogP contribution >= 0.6 is 0 Å². The number of ketones is 2. The van der Waals surface area contributed by atoms with Crippen molar-refractivity contribution in [1.82, 2.24) is 116 Å². The number of hydrogen-bond donors (Lipinski definition) is 0. The third-order valence-corrected chi connectivity index (χ3v) is 12.8. The number of carbonyl (C=O) groups is 2. The molecule has 2 radical (unpaired) electrons. The molecule has 0 bridgehead atoms. The van der Waals surface area contributed by atoms with Gasteiger partial charge in [0.05, 0.1) is 0 Å². The molecule has 1 aromatic carbocycles. The van der Waals surface area contributed by atoms with Crippen LogP contribution in [0.25, 0.3) is 0 Å². The molecule has 28 nitrogen and oxygen atoms in total. The van der Waals surface area contributed by atoms with Crippen molar-refractivity contribution in [2.24, 2.45) is 0 Å². The Morgan fingerprint density at radius 3 is 0.517 bits per heavy atom. The molecule has 0 saturated heterocycles. The Kier molecular flexibility index (Phi) is 26.8. The van der Waals surface area contributed by atoms with E-state index in [1.54, 1.807) is 74.4 Å². The van der Waals surface area contributed by atoms with Crippen LogP contribution in [0.2, 0.25) is 0 Å². The number of Topliss-reactive ketones (excluding diaryl/α,β-unsaturated/α-hetero) is 2.